The minimum atomic E-state index is 0.489. The molecule has 0 aliphatic heterocycles. The van der Waals surface area contributed by atoms with Crippen LogP contribution in [0.2, 0.25) is 0 Å². The van der Waals surface area contributed by atoms with Gasteiger partial charge in [-0.25, -0.2) is 0 Å². The van der Waals surface area contributed by atoms with Gasteiger partial charge in [0.05, 0.1) is 0 Å². The average molecular weight is 295 g/mol. The zero-order valence-corrected chi connectivity index (χ0v) is 12.5. The highest BCUT2D eigenvalue weighted by atomic mass is 79.9. The normalized spacial score (nSPS) is 11.9. The van der Waals surface area contributed by atoms with Gasteiger partial charge >= 0.3 is 0 Å². The third kappa shape index (κ3) is 2.55. The molecular weight excluding hydrogens is 276 g/mol. The molecule has 3 heteroatoms. The first-order chi connectivity index (χ1) is 7.99. The molecule has 0 atom stereocenters. The molecule has 17 heavy (non-hydrogen) atoms. The molecule has 2 rings (SSSR count). The zero-order valence-electron chi connectivity index (χ0n) is 10.9. The van der Waals surface area contributed by atoms with Gasteiger partial charge in [0, 0.05) is 33.7 Å². The molecule has 0 saturated heterocycles. The second-order valence-electron chi connectivity index (χ2n) is 5.04. The maximum absolute atomic E-state index is 3.53. The number of hydrogen-bond donors (Lipinski definition) is 0. The van der Waals surface area contributed by atoms with Crippen LogP contribution in [0.3, 0.4) is 0 Å². The third-order valence-electron chi connectivity index (χ3n) is 2.88. The minimum absolute atomic E-state index is 0.489. The van der Waals surface area contributed by atoms with Gasteiger partial charge in [-0.3, -0.25) is 0 Å². The molecule has 0 bridgehead atoms. The summed E-state index contributed by atoms with van der Waals surface area (Å²) in [5.41, 5.74) is 2.69. The molecule has 0 aliphatic carbocycles. The first-order valence-electron chi connectivity index (χ1n) is 5.93. The average Bonchev–Trinajstić information content (AvgIpc) is 2.53. The third-order valence-corrected chi connectivity index (χ3v) is 3.37. The van der Waals surface area contributed by atoms with Crippen molar-refractivity contribution in [1.82, 2.24) is 9.47 Å². The second-order valence-corrected chi connectivity index (χ2v) is 5.96. The number of hydrogen-bond acceptors (Lipinski definition) is 1. The SMILES string of the molecule is CC(C)n1c(CN(C)C)cc2cc(Br)ccc21. The van der Waals surface area contributed by atoms with Crippen molar-refractivity contribution in [2.24, 2.45) is 0 Å². The smallest absolute Gasteiger partial charge is 0.0486 e. The van der Waals surface area contributed by atoms with Crippen LogP contribution in [0.5, 0.6) is 0 Å². The van der Waals surface area contributed by atoms with Crippen LogP contribution >= 0.6 is 15.9 Å². The number of aromatic nitrogens is 1. The molecule has 1 heterocycles. The molecule has 1 aromatic carbocycles. The molecule has 0 spiro atoms. The standard InChI is InChI=1S/C14H19BrN2/c1-10(2)17-13(9-16(3)4)8-11-7-12(15)5-6-14(11)17/h5-8,10H,9H2,1-4H3. The lowest BCUT2D eigenvalue weighted by molar-refractivity contribution is 0.384. The van der Waals surface area contributed by atoms with Crippen molar-refractivity contribution in [3.8, 4) is 0 Å². The van der Waals surface area contributed by atoms with E-state index in [1.165, 1.54) is 16.6 Å². The van der Waals surface area contributed by atoms with Crippen LogP contribution in [0.25, 0.3) is 10.9 Å². The van der Waals surface area contributed by atoms with Crippen molar-refractivity contribution in [2.75, 3.05) is 14.1 Å². The summed E-state index contributed by atoms with van der Waals surface area (Å²) in [7, 11) is 4.22. The quantitative estimate of drug-likeness (QED) is 0.829. The summed E-state index contributed by atoms with van der Waals surface area (Å²) in [4.78, 5) is 2.21. The van der Waals surface area contributed by atoms with Crippen LogP contribution in [-0.4, -0.2) is 23.6 Å². The Balaban J connectivity index is 2.61. The van der Waals surface area contributed by atoms with Crippen LogP contribution in [0.4, 0.5) is 0 Å². The predicted octanol–water partition coefficient (Wildman–Crippen LogP) is 4.05. The molecule has 92 valence electrons. The van der Waals surface area contributed by atoms with E-state index in [4.69, 9.17) is 0 Å². The van der Waals surface area contributed by atoms with E-state index in [0.29, 0.717) is 6.04 Å². The lowest BCUT2D eigenvalue weighted by Crippen LogP contribution is -2.15. The van der Waals surface area contributed by atoms with E-state index < -0.39 is 0 Å². The van der Waals surface area contributed by atoms with Crippen molar-refractivity contribution >= 4 is 26.8 Å². The second kappa shape index (κ2) is 4.83. The van der Waals surface area contributed by atoms with Crippen LogP contribution in [0, 0.1) is 0 Å². The molecule has 0 unspecified atom stereocenters. The monoisotopic (exact) mass is 294 g/mol. The summed E-state index contributed by atoms with van der Waals surface area (Å²) in [6.45, 7) is 5.45. The van der Waals surface area contributed by atoms with E-state index >= 15 is 0 Å². The molecule has 0 radical (unpaired) electrons. The van der Waals surface area contributed by atoms with E-state index in [9.17, 15) is 0 Å². The highest BCUT2D eigenvalue weighted by Crippen LogP contribution is 2.27. The van der Waals surface area contributed by atoms with Crippen LogP contribution in [-0.2, 0) is 6.54 Å². The maximum Gasteiger partial charge on any atom is 0.0486 e. The van der Waals surface area contributed by atoms with E-state index in [0.717, 1.165) is 11.0 Å². The molecule has 2 nitrogen and oxygen atoms in total. The summed E-state index contributed by atoms with van der Waals surface area (Å²) in [5.74, 6) is 0. The Bertz CT molecular complexity index is 526. The summed E-state index contributed by atoms with van der Waals surface area (Å²) in [5, 5.41) is 1.31. The van der Waals surface area contributed by atoms with Gasteiger partial charge in [-0.1, -0.05) is 15.9 Å². The van der Waals surface area contributed by atoms with Gasteiger partial charge in [-0.2, -0.15) is 0 Å². The molecule has 0 fully saturated rings. The van der Waals surface area contributed by atoms with Crippen LogP contribution in [0.1, 0.15) is 25.6 Å². The number of nitrogens with zero attached hydrogens (tertiary/aromatic N) is 2. The highest BCUT2D eigenvalue weighted by Gasteiger charge is 2.11. The van der Waals surface area contributed by atoms with Crippen molar-refractivity contribution in [3.63, 3.8) is 0 Å². The highest BCUT2D eigenvalue weighted by molar-refractivity contribution is 9.10. The summed E-state index contributed by atoms with van der Waals surface area (Å²) in [6, 6.07) is 9.27. The van der Waals surface area contributed by atoms with Gasteiger partial charge in [0.25, 0.3) is 0 Å². The van der Waals surface area contributed by atoms with E-state index in [1.807, 2.05) is 0 Å². The van der Waals surface area contributed by atoms with E-state index in [-0.39, 0.29) is 0 Å². The summed E-state index contributed by atoms with van der Waals surface area (Å²) < 4.78 is 3.56. The van der Waals surface area contributed by atoms with E-state index in [2.05, 4.69) is 77.6 Å². The number of rotatable bonds is 3. The van der Waals surface area contributed by atoms with Crippen LogP contribution < -0.4 is 0 Å². The largest absolute Gasteiger partial charge is 0.341 e. The lowest BCUT2D eigenvalue weighted by atomic mass is 10.2. The summed E-state index contributed by atoms with van der Waals surface area (Å²) >= 11 is 3.53. The fourth-order valence-electron chi connectivity index (χ4n) is 2.32. The Morgan fingerprint density at radius 1 is 1.24 bits per heavy atom. The first-order valence-corrected chi connectivity index (χ1v) is 6.72. The molecule has 0 N–H and O–H groups in total. The molecule has 1 aromatic heterocycles. The van der Waals surface area contributed by atoms with Gasteiger partial charge in [0.15, 0.2) is 0 Å². The zero-order chi connectivity index (χ0) is 12.6. The number of benzene rings is 1. The van der Waals surface area contributed by atoms with Crippen molar-refractivity contribution in [2.45, 2.75) is 26.4 Å². The van der Waals surface area contributed by atoms with Crippen molar-refractivity contribution in [1.29, 1.82) is 0 Å². The van der Waals surface area contributed by atoms with Crippen LogP contribution in [0.15, 0.2) is 28.7 Å². The lowest BCUT2D eigenvalue weighted by Gasteiger charge is -2.17. The van der Waals surface area contributed by atoms with Gasteiger partial charge in [0.2, 0.25) is 0 Å². The maximum atomic E-state index is 3.53. The Labute approximate surface area is 111 Å². The Kier molecular flexibility index (Phi) is 3.59. The van der Waals surface area contributed by atoms with Crippen molar-refractivity contribution in [3.05, 3.63) is 34.4 Å². The predicted molar refractivity (Wildman–Crippen MR) is 77.4 cm³/mol. The molecule has 0 aliphatic rings. The fourth-order valence-corrected chi connectivity index (χ4v) is 2.70. The number of halogens is 1. The molecule has 2 aromatic rings. The minimum Gasteiger partial charge on any atom is -0.341 e. The van der Waals surface area contributed by atoms with Gasteiger partial charge in [-0.15, -0.1) is 0 Å². The molecule has 0 amide bonds. The van der Waals surface area contributed by atoms with E-state index in [1.54, 1.807) is 0 Å². The summed E-state index contributed by atoms with van der Waals surface area (Å²) in [6.07, 6.45) is 0. The number of fused-ring (bicyclic) bond motifs is 1. The molecular formula is C14H19BrN2. The molecule has 0 saturated carbocycles. The first kappa shape index (κ1) is 12.7. The Hall–Kier alpha value is -0.800. The van der Waals surface area contributed by atoms with Gasteiger partial charge in [-0.05, 0) is 52.2 Å². The Morgan fingerprint density at radius 3 is 2.53 bits per heavy atom. The fraction of sp³-hybridized carbons (Fsp3) is 0.429. The van der Waals surface area contributed by atoms with Gasteiger partial charge < -0.3 is 9.47 Å². The topological polar surface area (TPSA) is 8.17 Å². The van der Waals surface area contributed by atoms with Crippen molar-refractivity contribution < 1.29 is 0 Å². The Morgan fingerprint density at radius 2 is 1.94 bits per heavy atom. The van der Waals surface area contributed by atoms with Gasteiger partial charge in [0.1, 0.15) is 0 Å².